The number of hydrogen-bond donors (Lipinski definition) is 1. The first-order valence-electron chi connectivity index (χ1n) is 6.59. The quantitative estimate of drug-likeness (QED) is 0.824. The Balaban J connectivity index is 2.82. The Kier molecular flexibility index (Phi) is 6.36. The van der Waals surface area contributed by atoms with E-state index in [0.717, 1.165) is 24.2 Å². The van der Waals surface area contributed by atoms with Gasteiger partial charge in [0.05, 0.1) is 13.7 Å². The van der Waals surface area contributed by atoms with Crippen LogP contribution in [0.4, 0.5) is 0 Å². The van der Waals surface area contributed by atoms with Crippen molar-refractivity contribution in [3.05, 3.63) is 29.3 Å². The lowest BCUT2D eigenvalue weighted by atomic mass is 10.1. The van der Waals surface area contributed by atoms with Gasteiger partial charge in [0.1, 0.15) is 5.75 Å². The number of benzene rings is 1. The van der Waals surface area contributed by atoms with Gasteiger partial charge in [0.25, 0.3) is 5.91 Å². The van der Waals surface area contributed by atoms with Gasteiger partial charge in [-0.1, -0.05) is 13.3 Å². The minimum atomic E-state index is -0.0547. The van der Waals surface area contributed by atoms with Crippen LogP contribution in [0, 0.1) is 0 Å². The van der Waals surface area contributed by atoms with Gasteiger partial charge in [0.15, 0.2) is 0 Å². The highest BCUT2D eigenvalue weighted by Gasteiger charge is 2.12. The molecular weight excluding hydrogens is 242 g/mol. The second kappa shape index (κ2) is 7.79. The number of ether oxygens (including phenoxy) is 2. The van der Waals surface area contributed by atoms with Crippen LogP contribution >= 0.6 is 0 Å². The maximum Gasteiger partial charge on any atom is 0.251 e. The molecule has 1 aromatic rings. The molecule has 106 valence electrons. The SMILES string of the molecule is CCCC(C)NC(=O)c1ccc(OC)c(COC)c1. The molecule has 0 aliphatic carbocycles. The molecule has 0 fully saturated rings. The van der Waals surface area contributed by atoms with Gasteiger partial charge in [-0.05, 0) is 31.5 Å². The zero-order valence-corrected chi connectivity index (χ0v) is 12.2. The van der Waals surface area contributed by atoms with Crippen LogP contribution < -0.4 is 10.1 Å². The van der Waals surface area contributed by atoms with Crippen molar-refractivity contribution < 1.29 is 14.3 Å². The summed E-state index contributed by atoms with van der Waals surface area (Å²) in [5.74, 6) is 0.681. The molecule has 0 radical (unpaired) electrons. The molecule has 1 amide bonds. The summed E-state index contributed by atoms with van der Waals surface area (Å²) in [5, 5.41) is 2.98. The van der Waals surface area contributed by atoms with Crippen LogP contribution in [0.5, 0.6) is 5.75 Å². The van der Waals surface area contributed by atoms with E-state index >= 15 is 0 Å². The number of nitrogens with one attached hydrogen (secondary N) is 1. The van der Waals surface area contributed by atoms with Crippen LogP contribution in [0.2, 0.25) is 0 Å². The Labute approximate surface area is 115 Å². The Morgan fingerprint density at radius 1 is 1.37 bits per heavy atom. The van der Waals surface area contributed by atoms with E-state index in [0.29, 0.717) is 12.2 Å². The normalized spacial score (nSPS) is 12.0. The zero-order chi connectivity index (χ0) is 14.3. The van der Waals surface area contributed by atoms with E-state index in [4.69, 9.17) is 9.47 Å². The molecule has 0 saturated heterocycles. The third-order valence-corrected chi connectivity index (χ3v) is 2.94. The molecule has 1 atom stereocenters. The standard InChI is InChI=1S/C15H23NO3/c1-5-6-11(2)16-15(17)12-7-8-14(19-4)13(9-12)10-18-3/h7-9,11H,5-6,10H2,1-4H3,(H,16,17). The molecule has 19 heavy (non-hydrogen) atoms. The molecule has 0 aliphatic heterocycles. The molecule has 0 bridgehead atoms. The number of carbonyl (C=O) groups excluding carboxylic acids is 1. The molecule has 0 aliphatic rings. The summed E-state index contributed by atoms with van der Waals surface area (Å²) < 4.78 is 10.4. The average Bonchev–Trinajstić information content (AvgIpc) is 2.39. The fourth-order valence-electron chi connectivity index (χ4n) is 2.00. The van der Waals surface area contributed by atoms with Gasteiger partial charge in [-0.15, -0.1) is 0 Å². The lowest BCUT2D eigenvalue weighted by Crippen LogP contribution is -2.32. The summed E-state index contributed by atoms with van der Waals surface area (Å²) in [6, 6.07) is 5.57. The van der Waals surface area contributed by atoms with Crippen molar-refractivity contribution in [1.82, 2.24) is 5.32 Å². The van der Waals surface area contributed by atoms with E-state index < -0.39 is 0 Å². The molecule has 1 unspecified atom stereocenters. The first-order chi connectivity index (χ1) is 9.12. The van der Waals surface area contributed by atoms with Crippen molar-refractivity contribution in [1.29, 1.82) is 0 Å². The molecule has 1 rings (SSSR count). The monoisotopic (exact) mass is 265 g/mol. The highest BCUT2D eigenvalue weighted by atomic mass is 16.5. The van der Waals surface area contributed by atoms with Gasteiger partial charge in [0.2, 0.25) is 0 Å². The van der Waals surface area contributed by atoms with Crippen LogP contribution in [-0.4, -0.2) is 26.2 Å². The van der Waals surface area contributed by atoms with E-state index in [1.54, 1.807) is 26.4 Å². The van der Waals surface area contributed by atoms with Gasteiger partial charge in [0, 0.05) is 24.3 Å². The summed E-state index contributed by atoms with van der Waals surface area (Å²) in [6.45, 7) is 4.54. The molecular formula is C15H23NO3. The summed E-state index contributed by atoms with van der Waals surface area (Å²) in [5.41, 5.74) is 1.51. The number of rotatable bonds is 7. The van der Waals surface area contributed by atoms with Gasteiger partial charge < -0.3 is 14.8 Å². The van der Waals surface area contributed by atoms with Crippen LogP contribution in [0.3, 0.4) is 0 Å². The lowest BCUT2D eigenvalue weighted by molar-refractivity contribution is 0.0938. The Morgan fingerprint density at radius 2 is 2.11 bits per heavy atom. The highest BCUT2D eigenvalue weighted by Crippen LogP contribution is 2.20. The average molecular weight is 265 g/mol. The van der Waals surface area contributed by atoms with Gasteiger partial charge in [-0.3, -0.25) is 4.79 Å². The minimum Gasteiger partial charge on any atom is -0.496 e. The topological polar surface area (TPSA) is 47.6 Å². The lowest BCUT2D eigenvalue weighted by Gasteiger charge is -2.14. The third-order valence-electron chi connectivity index (χ3n) is 2.94. The molecule has 0 spiro atoms. The van der Waals surface area contributed by atoms with E-state index in [1.165, 1.54) is 0 Å². The number of carbonyl (C=O) groups is 1. The Hall–Kier alpha value is -1.55. The van der Waals surface area contributed by atoms with E-state index in [9.17, 15) is 4.79 Å². The molecule has 4 nitrogen and oxygen atoms in total. The third kappa shape index (κ3) is 4.56. The second-order valence-electron chi connectivity index (χ2n) is 4.62. The first kappa shape index (κ1) is 15.5. The Morgan fingerprint density at radius 3 is 2.68 bits per heavy atom. The second-order valence-corrected chi connectivity index (χ2v) is 4.62. The zero-order valence-electron chi connectivity index (χ0n) is 12.2. The molecule has 0 aromatic heterocycles. The van der Waals surface area contributed by atoms with Crippen molar-refractivity contribution in [2.24, 2.45) is 0 Å². The maximum absolute atomic E-state index is 12.1. The summed E-state index contributed by atoms with van der Waals surface area (Å²) in [7, 11) is 3.23. The van der Waals surface area contributed by atoms with Crippen molar-refractivity contribution in [2.45, 2.75) is 39.3 Å². The van der Waals surface area contributed by atoms with E-state index in [1.807, 2.05) is 13.0 Å². The van der Waals surface area contributed by atoms with Crippen LogP contribution in [0.25, 0.3) is 0 Å². The summed E-state index contributed by atoms with van der Waals surface area (Å²) in [6.07, 6.45) is 2.03. The Bertz CT molecular complexity index is 418. The predicted octanol–water partition coefficient (Wildman–Crippen LogP) is 2.76. The van der Waals surface area contributed by atoms with Crippen LogP contribution in [0.1, 0.15) is 42.6 Å². The smallest absolute Gasteiger partial charge is 0.251 e. The fourth-order valence-corrected chi connectivity index (χ4v) is 2.00. The first-order valence-corrected chi connectivity index (χ1v) is 6.59. The molecule has 1 aromatic carbocycles. The predicted molar refractivity (Wildman–Crippen MR) is 75.5 cm³/mol. The van der Waals surface area contributed by atoms with Crippen LogP contribution in [0.15, 0.2) is 18.2 Å². The van der Waals surface area contributed by atoms with Crippen molar-refractivity contribution >= 4 is 5.91 Å². The maximum atomic E-state index is 12.1. The number of hydrogen-bond acceptors (Lipinski definition) is 3. The largest absolute Gasteiger partial charge is 0.496 e. The fraction of sp³-hybridized carbons (Fsp3) is 0.533. The molecule has 4 heteroatoms. The van der Waals surface area contributed by atoms with Crippen molar-refractivity contribution in [2.75, 3.05) is 14.2 Å². The number of methoxy groups -OCH3 is 2. The molecule has 1 N–H and O–H groups in total. The van der Waals surface area contributed by atoms with Crippen LogP contribution in [-0.2, 0) is 11.3 Å². The van der Waals surface area contributed by atoms with Gasteiger partial charge in [-0.2, -0.15) is 0 Å². The van der Waals surface area contributed by atoms with E-state index in [2.05, 4.69) is 12.2 Å². The van der Waals surface area contributed by atoms with Crippen molar-refractivity contribution in [3.8, 4) is 5.75 Å². The van der Waals surface area contributed by atoms with Crippen molar-refractivity contribution in [3.63, 3.8) is 0 Å². The number of amides is 1. The van der Waals surface area contributed by atoms with E-state index in [-0.39, 0.29) is 11.9 Å². The minimum absolute atomic E-state index is 0.0547. The van der Waals surface area contributed by atoms with Gasteiger partial charge in [-0.25, -0.2) is 0 Å². The summed E-state index contributed by atoms with van der Waals surface area (Å²) in [4.78, 5) is 12.1. The summed E-state index contributed by atoms with van der Waals surface area (Å²) >= 11 is 0. The molecule has 0 heterocycles. The molecule has 0 saturated carbocycles. The highest BCUT2D eigenvalue weighted by molar-refractivity contribution is 5.94. The van der Waals surface area contributed by atoms with Gasteiger partial charge >= 0.3 is 0 Å².